The van der Waals surface area contributed by atoms with Crippen LogP contribution in [0.25, 0.3) is 11.2 Å². The SMILES string of the molecule is Cn1c(=O)c2c(ncn2CCCC(=O)NC2(c3ccc(F)cc3)CCCC2)n(C)c1=O. The van der Waals surface area contributed by atoms with Gasteiger partial charge in [0, 0.05) is 27.1 Å². The minimum Gasteiger partial charge on any atom is -0.347 e. The maximum absolute atomic E-state index is 13.3. The Bertz CT molecular complexity index is 1230. The molecule has 0 aliphatic heterocycles. The first kappa shape index (κ1) is 21.0. The molecule has 164 valence electrons. The van der Waals surface area contributed by atoms with Crippen molar-refractivity contribution in [3.05, 3.63) is 62.8 Å². The van der Waals surface area contributed by atoms with E-state index in [0.29, 0.717) is 24.1 Å². The number of aromatic nitrogens is 4. The molecule has 0 bridgehead atoms. The van der Waals surface area contributed by atoms with Crippen molar-refractivity contribution in [3.8, 4) is 0 Å². The van der Waals surface area contributed by atoms with E-state index < -0.39 is 16.8 Å². The van der Waals surface area contributed by atoms with Gasteiger partial charge in [-0.2, -0.15) is 0 Å². The number of carbonyl (C=O) groups excluding carboxylic acids is 1. The summed E-state index contributed by atoms with van der Waals surface area (Å²) in [6.07, 6.45) is 6.03. The van der Waals surface area contributed by atoms with Crippen LogP contribution in [0.3, 0.4) is 0 Å². The summed E-state index contributed by atoms with van der Waals surface area (Å²) in [4.78, 5) is 41.5. The van der Waals surface area contributed by atoms with Gasteiger partial charge in [0.2, 0.25) is 5.91 Å². The highest BCUT2D eigenvalue weighted by molar-refractivity contribution is 5.77. The van der Waals surface area contributed by atoms with Gasteiger partial charge in [-0.1, -0.05) is 25.0 Å². The molecule has 1 aliphatic carbocycles. The molecule has 2 aromatic heterocycles. The summed E-state index contributed by atoms with van der Waals surface area (Å²) in [6.45, 7) is 0.431. The Balaban J connectivity index is 1.45. The number of amides is 1. The van der Waals surface area contributed by atoms with Crippen molar-refractivity contribution in [1.29, 1.82) is 0 Å². The second-order valence-electron chi connectivity index (χ2n) is 8.26. The van der Waals surface area contributed by atoms with Gasteiger partial charge in [-0.05, 0) is 37.0 Å². The summed E-state index contributed by atoms with van der Waals surface area (Å²) in [5, 5.41) is 3.18. The van der Waals surface area contributed by atoms with E-state index in [1.165, 1.54) is 30.1 Å². The molecule has 9 heteroatoms. The lowest BCUT2D eigenvalue weighted by Gasteiger charge is -2.31. The van der Waals surface area contributed by atoms with Gasteiger partial charge in [-0.3, -0.25) is 18.7 Å². The lowest BCUT2D eigenvalue weighted by atomic mass is 9.88. The van der Waals surface area contributed by atoms with E-state index in [9.17, 15) is 18.8 Å². The van der Waals surface area contributed by atoms with Gasteiger partial charge < -0.3 is 9.88 Å². The quantitative estimate of drug-likeness (QED) is 0.651. The number of halogens is 1. The predicted molar refractivity (Wildman–Crippen MR) is 114 cm³/mol. The predicted octanol–water partition coefficient (Wildman–Crippen LogP) is 1.94. The first-order valence-electron chi connectivity index (χ1n) is 10.5. The average molecular weight is 427 g/mol. The fourth-order valence-electron chi connectivity index (χ4n) is 4.54. The van der Waals surface area contributed by atoms with Crippen LogP contribution in [0.1, 0.15) is 44.1 Å². The Morgan fingerprint density at radius 3 is 2.48 bits per heavy atom. The summed E-state index contributed by atoms with van der Waals surface area (Å²) >= 11 is 0. The van der Waals surface area contributed by atoms with E-state index in [0.717, 1.165) is 35.8 Å². The van der Waals surface area contributed by atoms with Crippen molar-refractivity contribution < 1.29 is 9.18 Å². The fraction of sp³-hybridized carbons (Fsp3) is 0.455. The molecule has 1 fully saturated rings. The lowest BCUT2D eigenvalue weighted by molar-refractivity contribution is -0.123. The third-order valence-corrected chi connectivity index (χ3v) is 6.25. The van der Waals surface area contributed by atoms with Gasteiger partial charge >= 0.3 is 5.69 Å². The van der Waals surface area contributed by atoms with E-state index in [1.54, 1.807) is 23.7 Å². The Labute approximate surface area is 178 Å². The van der Waals surface area contributed by atoms with Crippen LogP contribution in [0.5, 0.6) is 0 Å². The molecular formula is C22H26FN5O3. The summed E-state index contributed by atoms with van der Waals surface area (Å²) < 4.78 is 17.4. The van der Waals surface area contributed by atoms with E-state index in [2.05, 4.69) is 10.3 Å². The zero-order valence-corrected chi connectivity index (χ0v) is 17.7. The van der Waals surface area contributed by atoms with Crippen molar-refractivity contribution in [1.82, 2.24) is 24.0 Å². The van der Waals surface area contributed by atoms with Crippen LogP contribution in [-0.2, 0) is 31.0 Å². The Morgan fingerprint density at radius 2 is 1.81 bits per heavy atom. The Hall–Kier alpha value is -3.23. The van der Waals surface area contributed by atoms with Gasteiger partial charge in [0.15, 0.2) is 11.2 Å². The second kappa shape index (κ2) is 8.13. The van der Waals surface area contributed by atoms with Gasteiger partial charge in [0.25, 0.3) is 5.56 Å². The summed E-state index contributed by atoms with van der Waals surface area (Å²) in [7, 11) is 3.01. The largest absolute Gasteiger partial charge is 0.347 e. The molecule has 0 spiro atoms. The number of fused-ring (bicyclic) bond motifs is 1. The van der Waals surface area contributed by atoms with Crippen LogP contribution in [0.4, 0.5) is 4.39 Å². The second-order valence-corrected chi connectivity index (χ2v) is 8.26. The molecule has 0 atom stereocenters. The topological polar surface area (TPSA) is 90.9 Å². The molecule has 3 aromatic rings. The molecular weight excluding hydrogens is 401 g/mol. The third-order valence-electron chi connectivity index (χ3n) is 6.25. The molecule has 0 saturated heterocycles. The number of aryl methyl sites for hydroxylation is 2. The maximum atomic E-state index is 13.3. The zero-order valence-electron chi connectivity index (χ0n) is 17.7. The van der Waals surface area contributed by atoms with Crippen LogP contribution in [0.15, 0.2) is 40.2 Å². The minimum atomic E-state index is -0.444. The summed E-state index contributed by atoms with van der Waals surface area (Å²) in [5.74, 6) is -0.365. The average Bonchev–Trinajstić information content (AvgIpc) is 3.39. The monoisotopic (exact) mass is 427 g/mol. The Kier molecular flexibility index (Phi) is 5.51. The first-order chi connectivity index (χ1) is 14.8. The van der Waals surface area contributed by atoms with Gasteiger partial charge in [0.05, 0.1) is 11.9 Å². The van der Waals surface area contributed by atoms with E-state index in [-0.39, 0.29) is 18.1 Å². The number of nitrogens with zero attached hydrogens (tertiary/aromatic N) is 4. The molecule has 4 rings (SSSR count). The van der Waals surface area contributed by atoms with E-state index in [1.807, 2.05) is 0 Å². The third kappa shape index (κ3) is 3.80. The van der Waals surface area contributed by atoms with E-state index in [4.69, 9.17) is 0 Å². The van der Waals surface area contributed by atoms with Crippen molar-refractivity contribution in [2.24, 2.45) is 14.1 Å². The normalized spacial score (nSPS) is 15.5. The molecule has 1 saturated carbocycles. The van der Waals surface area contributed by atoms with Crippen molar-refractivity contribution in [2.75, 3.05) is 0 Å². The van der Waals surface area contributed by atoms with E-state index >= 15 is 0 Å². The van der Waals surface area contributed by atoms with Crippen LogP contribution in [-0.4, -0.2) is 24.6 Å². The molecule has 0 radical (unpaired) electrons. The van der Waals surface area contributed by atoms with Crippen LogP contribution in [0.2, 0.25) is 0 Å². The molecule has 1 aromatic carbocycles. The lowest BCUT2D eigenvalue weighted by Crippen LogP contribution is -2.43. The van der Waals surface area contributed by atoms with Crippen molar-refractivity contribution >= 4 is 17.1 Å². The van der Waals surface area contributed by atoms with Gasteiger partial charge in [-0.15, -0.1) is 0 Å². The van der Waals surface area contributed by atoms with Crippen LogP contribution >= 0.6 is 0 Å². The number of benzene rings is 1. The number of hydrogen-bond donors (Lipinski definition) is 1. The van der Waals surface area contributed by atoms with Crippen LogP contribution in [0, 0.1) is 5.82 Å². The Morgan fingerprint density at radius 1 is 1.13 bits per heavy atom. The zero-order chi connectivity index (χ0) is 22.2. The smallest absolute Gasteiger partial charge is 0.332 e. The molecule has 8 nitrogen and oxygen atoms in total. The number of imidazole rings is 1. The highest BCUT2D eigenvalue weighted by atomic mass is 19.1. The van der Waals surface area contributed by atoms with Gasteiger partial charge in [-0.25, -0.2) is 14.2 Å². The minimum absolute atomic E-state index is 0.0732. The standard InChI is InChI=1S/C22H26FN5O3/c1-26-19-18(20(30)27(2)21(26)31)28(14-24-19)13-5-6-17(29)25-22(11-3-4-12-22)15-7-9-16(23)10-8-15/h7-10,14H,3-6,11-13H2,1-2H3,(H,25,29). The number of carbonyl (C=O) groups is 1. The molecule has 1 N–H and O–H groups in total. The summed E-state index contributed by atoms with van der Waals surface area (Å²) in [6, 6.07) is 6.36. The molecule has 1 aliphatic rings. The van der Waals surface area contributed by atoms with Crippen molar-refractivity contribution in [2.45, 2.75) is 50.6 Å². The molecule has 31 heavy (non-hydrogen) atoms. The highest BCUT2D eigenvalue weighted by Gasteiger charge is 2.36. The number of hydrogen-bond acceptors (Lipinski definition) is 4. The number of rotatable bonds is 6. The number of nitrogens with one attached hydrogen (secondary N) is 1. The highest BCUT2D eigenvalue weighted by Crippen LogP contribution is 2.38. The van der Waals surface area contributed by atoms with Crippen molar-refractivity contribution in [3.63, 3.8) is 0 Å². The first-order valence-corrected chi connectivity index (χ1v) is 10.5. The van der Waals surface area contributed by atoms with Gasteiger partial charge in [0.1, 0.15) is 5.82 Å². The molecule has 0 unspecified atom stereocenters. The molecule has 1 amide bonds. The molecule has 2 heterocycles. The fourth-order valence-corrected chi connectivity index (χ4v) is 4.54. The maximum Gasteiger partial charge on any atom is 0.332 e. The summed E-state index contributed by atoms with van der Waals surface area (Å²) in [5.41, 5.74) is 0.346. The van der Waals surface area contributed by atoms with Crippen LogP contribution < -0.4 is 16.6 Å².